The Balaban J connectivity index is 2.03. The van der Waals surface area contributed by atoms with Crippen LogP contribution in [0.2, 0.25) is 0 Å². The van der Waals surface area contributed by atoms with Gasteiger partial charge in [0, 0.05) is 6.92 Å². The van der Waals surface area contributed by atoms with Gasteiger partial charge in [-0.05, 0) is 43.9 Å². The number of ether oxygens (including phenoxy) is 1. The second-order valence-electron chi connectivity index (χ2n) is 5.17. The fourth-order valence-electron chi connectivity index (χ4n) is 2.99. The van der Waals surface area contributed by atoms with Crippen molar-refractivity contribution in [1.82, 2.24) is 0 Å². The van der Waals surface area contributed by atoms with E-state index in [2.05, 4.69) is 12.2 Å². The van der Waals surface area contributed by atoms with Crippen LogP contribution >= 0.6 is 0 Å². The first-order valence-electron chi connectivity index (χ1n) is 6.12. The van der Waals surface area contributed by atoms with Crippen LogP contribution in [0.25, 0.3) is 0 Å². The van der Waals surface area contributed by atoms with Gasteiger partial charge in [-0.3, -0.25) is 4.79 Å². The summed E-state index contributed by atoms with van der Waals surface area (Å²) < 4.78 is 5.22. The van der Waals surface area contributed by atoms with Gasteiger partial charge >= 0.3 is 5.97 Å². The van der Waals surface area contributed by atoms with Gasteiger partial charge in [-0.1, -0.05) is 12.2 Å². The van der Waals surface area contributed by atoms with Crippen molar-refractivity contribution in [1.29, 1.82) is 0 Å². The molecule has 0 unspecified atom stereocenters. The number of hydrogen-bond acceptors (Lipinski definition) is 3. The lowest BCUT2D eigenvalue weighted by molar-refractivity contribution is -0.159. The van der Waals surface area contributed by atoms with Gasteiger partial charge in [0.1, 0.15) is 6.10 Å². The molecule has 0 aromatic rings. The van der Waals surface area contributed by atoms with Crippen LogP contribution < -0.4 is 0 Å². The van der Waals surface area contributed by atoms with Crippen molar-refractivity contribution in [2.45, 2.75) is 57.7 Å². The Hall–Kier alpha value is -0.830. The largest absolute Gasteiger partial charge is 0.460 e. The third kappa shape index (κ3) is 2.46. The zero-order valence-electron chi connectivity index (χ0n) is 9.82. The average molecular weight is 224 g/mol. The lowest BCUT2D eigenvalue weighted by atomic mass is 9.66. The number of carbonyl (C=O) groups excluding carboxylic acids is 1. The molecule has 2 rings (SSSR count). The number of hydrogen-bond donors (Lipinski definition) is 1. The van der Waals surface area contributed by atoms with E-state index in [0.29, 0.717) is 0 Å². The molecule has 0 aromatic heterocycles. The second-order valence-corrected chi connectivity index (χ2v) is 5.17. The summed E-state index contributed by atoms with van der Waals surface area (Å²) in [6.45, 7) is 1.41. The number of esters is 1. The van der Waals surface area contributed by atoms with Crippen LogP contribution in [0.3, 0.4) is 0 Å². The highest BCUT2D eigenvalue weighted by molar-refractivity contribution is 5.66. The Morgan fingerprint density at radius 3 is 2.88 bits per heavy atom. The molecule has 1 spiro atoms. The van der Waals surface area contributed by atoms with E-state index in [1.807, 2.05) is 0 Å². The molecule has 90 valence electrons. The Morgan fingerprint density at radius 1 is 1.44 bits per heavy atom. The summed E-state index contributed by atoms with van der Waals surface area (Å²) in [7, 11) is 0. The van der Waals surface area contributed by atoms with Gasteiger partial charge in [0.2, 0.25) is 0 Å². The molecular weight excluding hydrogens is 204 g/mol. The second kappa shape index (κ2) is 4.58. The minimum absolute atomic E-state index is 0.272. The van der Waals surface area contributed by atoms with Crippen molar-refractivity contribution < 1.29 is 14.6 Å². The Labute approximate surface area is 96.5 Å². The topological polar surface area (TPSA) is 46.5 Å². The van der Waals surface area contributed by atoms with Crippen LogP contribution in [0.1, 0.15) is 45.4 Å². The molecule has 2 aliphatic carbocycles. The molecule has 3 nitrogen and oxygen atoms in total. The average Bonchev–Trinajstić information content (AvgIpc) is 2.24. The summed E-state index contributed by atoms with van der Waals surface area (Å²) in [6, 6.07) is 0. The molecule has 0 aromatic carbocycles. The van der Waals surface area contributed by atoms with Gasteiger partial charge in [0.05, 0.1) is 6.10 Å². The Kier molecular flexibility index (Phi) is 3.33. The van der Waals surface area contributed by atoms with Crippen molar-refractivity contribution in [2.75, 3.05) is 0 Å². The van der Waals surface area contributed by atoms with Crippen molar-refractivity contribution in [3.8, 4) is 0 Å². The molecule has 0 saturated heterocycles. The van der Waals surface area contributed by atoms with Gasteiger partial charge in [0.25, 0.3) is 0 Å². The maximum absolute atomic E-state index is 11.0. The maximum atomic E-state index is 11.0. The zero-order valence-corrected chi connectivity index (χ0v) is 9.82. The SMILES string of the molecule is CC(=O)O[C@@H]1C[C@@]2(CC=CCC2)CC[C@H]1O. The summed E-state index contributed by atoms with van der Waals surface area (Å²) >= 11 is 0. The monoisotopic (exact) mass is 224 g/mol. The molecule has 0 aliphatic heterocycles. The van der Waals surface area contributed by atoms with Crippen LogP contribution in [0, 0.1) is 5.41 Å². The summed E-state index contributed by atoms with van der Waals surface area (Å²) in [5.41, 5.74) is 0.272. The van der Waals surface area contributed by atoms with Crippen molar-refractivity contribution in [3.63, 3.8) is 0 Å². The van der Waals surface area contributed by atoms with E-state index in [1.165, 1.54) is 6.92 Å². The zero-order chi connectivity index (χ0) is 11.6. The van der Waals surface area contributed by atoms with Crippen LogP contribution in [0.4, 0.5) is 0 Å². The number of allylic oxidation sites excluding steroid dienone is 2. The normalized spacial score (nSPS) is 38.6. The third-order valence-corrected chi connectivity index (χ3v) is 3.91. The summed E-state index contributed by atoms with van der Waals surface area (Å²) in [5.74, 6) is -0.285. The Bertz CT molecular complexity index is 298. The fourth-order valence-corrected chi connectivity index (χ4v) is 2.99. The van der Waals surface area contributed by atoms with E-state index in [0.717, 1.165) is 38.5 Å². The van der Waals surface area contributed by atoms with Crippen LogP contribution in [-0.4, -0.2) is 23.3 Å². The molecule has 16 heavy (non-hydrogen) atoms. The van der Waals surface area contributed by atoms with Crippen molar-refractivity contribution >= 4 is 5.97 Å². The first kappa shape index (κ1) is 11.6. The Morgan fingerprint density at radius 2 is 2.25 bits per heavy atom. The van der Waals surface area contributed by atoms with E-state index in [4.69, 9.17) is 4.74 Å². The molecule has 1 fully saturated rings. The van der Waals surface area contributed by atoms with Crippen molar-refractivity contribution in [3.05, 3.63) is 12.2 Å². The molecule has 0 bridgehead atoms. The minimum Gasteiger partial charge on any atom is -0.460 e. The predicted molar refractivity (Wildman–Crippen MR) is 60.8 cm³/mol. The molecule has 1 N–H and O–H groups in total. The van der Waals surface area contributed by atoms with Gasteiger partial charge in [-0.15, -0.1) is 0 Å². The fraction of sp³-hybridized carbons (Fsp3) is 0.769. The van der Waals surface area contributed by atoms with Crippen LogP contribution in [0.5, 0.6) is 0 Å². The third-order valence-electron chi connectivity index (χ3n) is 3.91. The van der Waals surface area contributed by atoms with Crippen LogP contribution in [-0.2, 0) is 9.53 Å². The van der Waals surface area contributed by atoms with Gasteiger partial charge < -0.3 is 9.84 Å². The lowest BCUT2D eigenvalue weighted by Gasteiger charge is -2.43. The summed E-state index contributed by atoms with van der Waals surface area (Å²) in [4.78, 5) is 11.0. The molecule has 3 heteroatoms. The number of aliphatic hydroxyl groups is 1. The van der Waals surface area contributed by atoms with Crippen LogP contribution in [0.15, 0.2) is 12.2 Å². The number of aliphatic hydroxyl groups excluding tert-OH is 1. The van der Waals surface area contributed by atoms with E-state index in [-0.39, 0.29) is 17.5 Å². The summed E-state index contributed by atoms with van der Waals surface area (Å²) in [5, 5.41) is 9.84. The maximum Gasteiger partial charge on any atom is 0.302 e. The van der Waals surface area contributed by atoms with E-state index in [9.17, 15) is 9.90 Å². The highest BCUT2D eigenvalue weighted by Gasteiger charge is 2.41. The first-order valence-corrected chi connectivity index (χ1v) is 6.12. The predicted octanol–water partition coefficient (Wildman–Crippen LogP) is 2.19. The van der Waals surface area contributed by atoms with Gasteiger partial charge in [-0.25, -0.2) is 0 Å². The van der Waals surface area contributed by atoms with Crippen molar-refractivity contribution in [2.24, 2.45) is 5.41 Å². The molecule has 0 radical (unpaired) electrons. The number of carbonyl (C=O) groups is 1. The highest BCUT2D eigenvalue weighted by Crippen LogP contribution is 2.46. The van der Waals surface area contributed by atoms with E-state index in [1.54, 1.807) is 0 Å². The lowest BCUT2D eigenvalue weighted by Crippen LogP contribution is -2.42. The molecule has 0 amide bonds. The van der Waals surface area contributed by atoms with Gasteiger partial charge in [-0.2, -0.15) is 0 Å². The van der Waals surface area contributed by atoms with Gasteiger partial charge in [0.15, 0.2) is 0 Å². The molecular formula is C13H20O3. The molecule has 3 atom stereocenters. The first-order chi connectivity index (χ1) is 7.61. The smallest absolute Gasteiger partial charge is 0.302 e. The number of rotatable bonds is 1. The van der Waals surface area contributed by atoms with E-state index < -0.39 is 6.10 Å². The standard InChI is InChI=1S/C13H20O3/c1-10(14)16-12-9-13(8-5-11(12)15)6-3-2-4-7-13/h2-3,11-12,15H,4-9H2,1H3/t11-,12-,13-/m1/s1. The summed E-state index contributed by atoms with van der Waals surface area (Å²) in [6.07, 6.45) is 9.65. The minimum atomic E-state index is -0.472. The highest BCUT2D eigenvalue weighted by atomic mass is 16.6. The quantitative estimate of drug-likeness (QED) is 0.548. The molecule has 0 heterocycles. The molecule has 2 aliphatic rings. The molecule has 1 saturated carbocycles. The van der Waals surface area contributed by atoms with E-state index >= 15 is 0 Å².